The topological polar surface area (TPSA) is 105 Å². The van der Waals surface area contributed by atoms with Crippen molar-refractivity contribution in [2.75, 3.05) is 12.4 Å². The van der Waals surface area contributed by atoms with E-state index in [0.29, 0.717) is 17.7 Å². The van der Waals surface area contributed by atoms with Gasteiger partial charge in [-0.1, -0.05) is 19.1 Å². The van der Waals surface area contributed by atoms with Crippen molar-refractivity contribution in [3.05, 3.63) is 59.7 Å². The van der Waals surface area contributed by atoms with E-state index in [-0.39, 0.29) is 11.8 Å². The molecule has 154 valence electrons. The van der Waals surface area contributed by atoms with Crippen molar-refractivity contribution >= 4 is 23.5 Å². The van der Waals surface area contributed by atoms with Gasteiger partial charge in [0.2, 0.25) is 5.91 Å². The number of methoxy groups -OCH3 is 1. The van der Waals surface area contributed by atoms with E-state index in [1.165, 1.54) is 6.92 Å². The molecule has 3 N–H and O–H groups in total. The molecular weight excluding hydrogens is 372 g/mol. The van der Waals surface area contributed by atoms with Crippen LogP contribution in [0.5, 0.6) is 5.75 Å². The van der Waals surface area contributed by atoms with Crippen molar-refractivity contribution in [1.29, 1.82) is 0 Å². The molecule has 0 bridgehead atoms. The van der Waals surface area contributed by atoms with E-state index in [0.717, 1.165) is 17.7 Å². The van der Waals surface area contributed by atoms with E-state index in [1.807, 2.05) is 31.2 Å². The van der Waals surface area contributed by atoms with E-state index < -0.39 is 17.9 Å². The predicted octanol–water partition coefficient (Wildman–Crippen LogP) is 3.42. The largest absolute Gasteiger partial charge is 0.497 e. The standard InChI is InChI=1S/C22H26N2O5/c1-4-15(16-7-11-19(29-3)12-8-16)13-20(25)24-18-9-5-17(6-10-18)21(26)23-14(2)22(27)28/h5-12,14-15H,4,13H2,1-3H3,(H,23,26)(H,24,25)(H,27,28). The minimum atomic E-state index is -1.11. The molecule has 0 heterocycles. The van der Waals surface area contributed by atoms with Crippen molar-refractivity contribution < 1.29 is 24.2 Å². The summed E-state index contributed by atoms with van der Waals surface area (Å²) in [6.07, 6.45) is 1.15. The lowest BCUT2D eigenvalue weighted by Gasteiger charge is -2.16. The molecule has 2 aromatic rings. The molecule has 2 unspecified atom stereocenters. The highest BCUT2D eigenvalue weighted by Gasteiger charge is 2.17. The molecule has 2 amide bonds. The Morgan fingerprint density at radius 2 is 1.66 bits per heavy atom. The van der Waals surface area contributed by atoms with Crippen molar-refractivity contribution in [2.45, 2.75) is 38.6 Å². The maximum atomic E-state index is 12.4. The van der Waals surface area contributed by atoms with Crippen LogP contribution in [0.15, 0.2) is 48.5 Å². The van der Waals surface area contributed by atoms with Gasteiger partial charge >= 0.3 is 5.97 Å². The van der Waals surface area contributed by atoms with Crippen LogP contribution in [0.3, 0.4) is 0 Å². The highest BCUT2D eigenvalue weighted by Crippen LogP contribution is 2.26. The first-order valence-electron chi connectivity index (χ1n) is 9.41. The van der Waals surface area contributed by atoms with E-state index in [4.69, 9.17) is 9.84 Å². The number of hydrogen-bond donors (Lipinski definition) is 3. The number of rotatable bonds is 9. The summed E-state index contributed by atoms with van der Waals surface area (Å²) in [7, 11) is 1.61. The summed E-state index contributed by atoms with van der Waals surface area (Å²) in [6.45, 7) is 3.43. The number of hydrogen-bond acceptors (Lipinski definition) is 4. The van der Waals surface area contributed by atoms with Crippen molar-refractivity contribution in [3.63, 3.8) is 0 Å². The Kier molecular flexibility index (Phi) is 7.77. The normalized spacial score (nSPS) is 12.5. The van der Waals surface area contributed by atoms with Gasteiger partial charge in [-0.15, -0.1) is 0 Å². The smallest absolute Gasteiger partial charge is 0.325 e. The zero-order valence-electron chi connectivity index (χ0n) is 16.8. The Morgan fingerprint density at radius 1 is 1.03 bits per heavy atom. The molecule has 7 nitrogen and oxygen atoms in total. The van der Waals surface area contributed by atoms with Crippen LogP contribution >= 0.6 is 0 Å². The van der Waals surface area contributed by atoms with Gasteiger partial charge in [0.1, 0.15) is 11.8 Å². The molecule has 0 fully saturated rings. The Hall–Kier alpha value is -3.35. The third-order valence-electron chi connectivity index (χ3n) is 4.66. The molecule has 0 aromatic heterocycles. The second-order valence-electron chi connectivity index (χ2n) is 6.74. The van der Waals surface area contributed by atoms with Crippen LogP contribution in [-0.4, -0.2) is 36.0 Å². The van der Waals surface area contributed by atoms with Crippen LogP contribution in [0.25, 0.3) is 0 Å². The number of carboxylic acids is 1. The molecular formula is C22H26N2O5. The van der Waals surface area contributed by atoms with Gasteiger partial charge in [0, 0.05) is 17.7 Å². The van der Waals surface area contributed by atoms with Crippen LogP contribution < -0.4 is 15.4 Å². The Labute approximate surface area is 170 Å². The first-order valence-corrected chi connectivity index (χ1v) is 9.41. The number of carbonyl (C=O) groups is 3. The quantitative estimate of drug-likeness (QED) is 0.600. The van der Waals surface area contributed by atoms with Gasteiger partial charge in [0.15, 0.2) is 0 Å². The molecule has 0 saturated carbocycles. The van der Waals surface area contributed by atoms with E-state index in [9.17, 15) is 14.4 Å². The monoisotopic (exact) mass is 398 g/mol. The van der Waals surface area contributed by atoms with Gasteiger partial charge in [0.05, 0.1) is 7.11 Å². The summed E-state index contributed by atoms with van der Waals surface area (Å²) < 4.78 is 5.17. The second kappa shape index (κ2) is 10.3. The van der Waals surface area contributed by atoms with Crippen LogP contribution in [0.1, 0.15) is 48.5 Å². The first-order chi connectivity index (χ1) is 13.8. The van der Waals surface area contributed by atoms with Crippen LogP contribution in [0, 0.1) is 0 Å². The summed E-state index contributed by atoms with van der Waals surface area (Å²) in [5.41, 5.74) is 1.96. The lowest BCUT2D eigenvalue weighted by molar-refractivity contribution is -0.138. The molecule has 2 aromatic carbocycles. The molecule has 2 atom stereocenters. The van der Waals surface area contributed by atoms with Gasteiger partial charge in [-0.05, 0) is 61.2 Å². The molecule has 0 aliphatic carbocycles. The Balaban J connectivity index is 1.95. The summed E-state index contributed by atoms with van der Waals surface area (Å²) in [6, 6.07) is 13.0. The molecule has 0 spiro atoms. The van der Waals surface area contributed by atoms with E-state index >= 15 is 0 Å². The molecule has 0 saturated heterocycles. The Morgan fingerprint density at radius 3 is 2.17 bits per heavy atom. The van der Waals surface area contributed by atoms with Crippen molar-refractivity contribution in [3.8, 4) is 5.75 Å². The summed E-state index contributed by atoms with van der Waals surface area (Å²) in [5, 5.41) is 14.1. The first kappa shape index (κ1) is 21.9. The van der Waals surface area contributed by atoms with Crippen LogP contribution in [0.4, 0.5) is 5.69 Å². The number of amides is 2. The number of ether oxygens (including phenoxy) is 1. The van der Waals surface area contributed by atoms with Gasteiger partial charge in [-0.25, -0.2) is 0 Å². The average molecular weight is 398 g/mol. The van der Waals surface area contributed by atoms with Gasteiger partial charge in [0.25, 0.3) is 5.91 Å². The maximum absolute atomic E-state index is 12.4. The molecule has 29 heavy (non-hydrogen) atoms. The Bertz CT molecular complexity index is 847. The predicted molar refractivity (Wildman–Crippen MR) is 110 cm³/mol. The highest BCUT2D eigenvalue weighted by atomic mass is 16.5. The molecule has 7 heteroatoms. The van der Waals surface area contributed by atoms with Crippen LogP contribution in [0.2, 0.25) is 0 Å². The fraction of sp³-hybridized carbons (Fsp3) is 0.318. The molecule has 0 aliphatic rings. The lowest BCUT2D eigenvalue weighted by atomic mass is 9.93. The third-order valence-corrected chi connectivity index (χ3v) is 4.66. The number of benzene rings is 2. The fourth-order valence-electron chi connectivity index (χ4n) is 2.86. The van der Waals surface area contributed by atoms with Crippen molar-refractivity contribution in [1.82, 2.24) is 5.32 Å². The zero-order valence-corrected chi connectivity index (χ0v) is 16.8. The van der Waals surface area contributed by atoms with Crippen LogP contribution in [-0.2, 0) is 9.59 Å². The van der Waals surface area contributed by atoms with Gasteiger partial charge < -0.3 is 20.5 Å². The number of anilines is 1. The van der Waals surface area contributed by atoms with E-state index in [2.05, 4.69) is 10.6 Å². The van der Waals surface area contributed by atoms with Gasteiger partial charge in [-0.3, -0.25) is 14.4 Å². The lowest BCUT2D eigenvalue weighted by Crippen LogP contribution is -2.38. The minimum absolute atomic E-state index is 0.0865. The molecule has 2 rings (SSSR count). The number of nitrogens with one attached hydrogen (secondary N) is 2. The van der Waals surface area contributed by atoms with E-state index in [1.54, 1.807) is 31.4 Å². The summed E-state index contributed by atoms with van der Waals surface area (Å²) in [4.78, 5) is 35.3. The summed E-state index contributed by atoms with van der Waals surface area (Å²) >= 11 is 0. The average Bonchev–Trinajstić information content (AvgIpc) is 2.72. The highest BCUT2D eigenvalue weighted by molar-refractivity contribution is 5.97. The van der Waals surface area contributed by atoms with Crippen molar-refractivity contribution in [2.24, 2.45) is 0 Å². The SMILES string of the molecule is CCC(CC(=O)Nc1ccc(C(=O)NC(C)C(=O)O)cc1)c1ccc(OC)cc1. The number of aliphatic carboxylic acids is 1. The summed E-state index contributed by atoms with van der Waals surface area (Å²) in [5.74, 6) is -0.851. The van der Waals surface area contributed by atoms with Gasteiger partial charge in [-0.2, -0.15) is 0 Å². The number of carbonyl (C=O) groups excluding carboxylic acids is 2. The third kappa shape index (κ3) is 6.34. The molecule has 0 aliphatic heterocycles. The second-order valence-corrected chi connectivity index (χ2v) is 6.74. The number of carboxylic acid groups (broad SMARTS) is 1. The molecule has 0 radical (unpaired) electrons. The fourth-order valence-corrected chi connectivity index (χ4v) is 2.86. The zero-order chi connectivity index (χ0) is 21.4. The minimum Gasteiger partial charge on any atom is -0.497 e. The maximum Gasteiger partial charge on any atom is 0.325 e.